The Bertz CT molecular complexity index is 449. The fourth-order valence-electron chi connectivity index (χ4n) is 3.29. The number of nitrogens with zero attached hydrogens (tertiary/aromatic N) is 1. The summed E-state index contributed by atoms with van der Waals surface area (Å²) in [4.78, 5) is 26.6. The maximum absolute atomic E-state index is 12.8. The second-order valence-electron chi connectivity index (χ2n) is 8.76. The first-order chi connectivity index (χ1) is 11.4. The monoisotopic (exact) mass is 355 g/mol. The minimum absolute atomic E-state index is 0.0357. The van der Waals surface area contributed by atoms with E-state index in [0.717, 1.165) is 25.7 Å². The highest BCUT2D eigenvalue weighted by Gasteiger charge is 2.34. The summed E-state index contributed by atoms with van der Waals surface area (Å²) in [7, 11) is 0. The van der Waals surface area contributed by atoms with Gasteiger partial charge in [-0.25, -0.2) is 4.79 Å². The average molecular weight is 356 g/mol. The van der Waals surface area contributed by atoms with Crippen molar-refractivity contribution in [2.24, 2.45) is 11.7 Å². The summed E-state index contributed by atoms with van der Waals surface area (Å²) in [5, 5.41) is 2.95. The molecule has 6 heteroatoms. The van der Waals surface area contributed by atoms with Gasteiger partial charge in [-0.15, -0.1) is 0 Å². The largest absolute Gasteiger partial charge is 0.444 e. The van der Waals surface area contributed by atoms with E-state index in [1.807, 2.05) is 53.4 Å². The Morgan fingerprint density at radius 2 is 1.60 bits per heavy atom. The second-order valence-corrected chi connectivity index (χ2v) is 8.76. The fourth-order valence-corrected chi connectivity index (χ4v) is 3.29. The summed E-state index contributed by atoms with van der Waals surface area (Å²) in [6.07, 6.45) is 3.06. The minimum Gasteiger partial charge on any atom is -0.444 e. The Labute approximate surface area is 152 Å². The lowest BCUT2D eigenvalue weighted by atomic mass is 9.88. The molecule has 0 radical (unpaired) electrons. The predicted molar refractivity (Wildman–Crippen MR) is 100 cm³/mol. The topological polar surface area (TPSA) is 84.7 Å². The van der Waals surface area contributed by atoms with Crippen LogP contribution in [0.2, 0.25) is 0 Å². The summed E-state index contributed by atoms with van der Waals surface area (Å²) in [5.74, 6) is 0.160. The van der Waals surface area contributed by atoms with Crippen LogP contribution in [0.1, 0.15) is 74.1 Å². The first kappa shape index (κ1) is 21.7. The van der Waals surface area contributed by atoms with Gasteiger partial charge in [0.2, 0.25) is 5.91 Å². The van der Waals surface area contributed by atoms with E-state index in [-0.39, 0.29) is 36.0 Å². The van der Waals surface area contributed by atoms with E-state index in [4.69, 9.17) is 10.5 Å². The molecule has 1 atom stereocenters. The standard InChI is InChI=1S/C19H37N3O3/c1-12(2)16(20)17(23)22(13(3)4)15-10-8-14(9-11-15)21-18(24)25-19(5,6)7/h12-16H,8-11,20H2,1-7H3,(H,21,24)/t14?,15?,16-/m0/s1. The molecule has 1 aliphatic rings. The fraction of sp³-hybridized carbons (Fsp3) is 0.895. The summed E-state index contributed by atoms with van der Waals surface area (Å²) < 4.78 is 5.32. The van der Waals surface area contributed by atoms with E-state index in [1.165, 1.54) is 0 Å². The van der Waals surface area contributed by atoms with Crippen molar-refractivity contribution in [1.29, 1.82) is 0 Å². The Morgan fingerprint density at radius 1 is 1.08 bits per heavy atom. The lowest BCUT2D eigenvalue weighted by Gasteiger charge is -2.41. The van der Waals surface area contributed by atoms with Crippen LogP contribution in [0, 0.1) is 5.92 Å². The Balaban J connectivity index is 2.60. The number of hydrogen-bond acceptors (Lipinski definition) is 4. The molecular formula is C19H37N3O3. The Morgan fingerprint density at radius 3 is 2.00 bits per heavy atom. The molecule has 0 aliphatic heterocycles. The maximum atomic E-state index is 12.8. The molecule has 1 saturated carbocycles. The number of rotatable bonds is 5. The average Bonchev–Trinajstić information content (AvgIpc) is 2.45. The number of carbonyl (C=O) groups excluding carboxylic acids is 2. The molecule has 0 heterocycles. The molecule has 25 heavy (non-hydrogen) atoms. The van der Waals surface area contributed by atoms with Crippen LogP contribution in [-0.4, -0.2) is 46.7 Å². The van der Waals surface area contributed by atoms with Crippen LogP contribution in [0.5, 0.6) is 0 Å². The maximum Gasteiger partial charge on any atom is 0.407 e. The van der Waals surface area contributed by atoms with Crippen molar-refractivity contribution in [2.75, 3.05) is 0 Å². The third-order valence-electron chi connectivity index (χ3n) is 4.63. The van der Waals surface area contributed by atoms with Gasteiger partial charge in [-0.3, -0.25) is 4.79 Å². The van der Waals surface area contributed by atoms with Gasteiger partial charge < -0.3 is 20.7 Å². The van der Waals surface area contributed by atoms with Gasteiger partial charge >= 0.3 is 6.09 Å². The Hall–Kier alpha value is -1.30. The molecule has 0 bridgehead atoms. The molecule has 2 amide bonds. The van der Waals surface area contributed by atoms with Gasteiger partial charge in [0.1, 0.15) is 5.60 Å². The minimum atomic E-state index is -0.491. The van der Waals surface area contributed by atoms with Crippen LogP contribution in [0.3, 0.4) is 0 Å². The quantitative estimate of drug-likeness (QED) is 0.794. The molecule has 0 saturated heterocycles. The van der Waals surface area contributed by atoms with Gasteiger partial charge in [0.15, 0.2) is 0 Å². The van der Waals surface area contributed by atoms with Crippen LogP contribution < -0.4 is 11.1 Å². The lowest BCUT2D eigenvalue weighted by Crippen LogP contribution is -2.55. The first-order valence-electron chi connectivity index (χ1n) is 9.49. The van der Waals surface area contributed by atoms with Gasteiger partial charge in [-0.1, -0.05) is 13.8 Å². The van der Waals surface area contributed by atoms with Crippen molar-refractivity contribution in [1.82, 2.24) is 10.2 Å². The molecule has 1 rings (SSSR count). The number of nitrogens with one attached hydrogen (secondary N) is 1. The summed E-state index contributed by atoms with van der Waals surface area (Å²) >= 11 is 0. The molecule has 1 aliphatic carbocycles. The van der Waals surface area contributed by atoms with Crippen LogP contribution >= 0.6 is 0 Å². The molecule has 0 aromatic rings. The highest BCUT2D eigenvalue weighted by molar-refractivity contribution is 5.82. The number of amides is 2. The van der Waals surface area contributed by atoms with Gasteiger partial charge in [-0.05, 0) is 66.2 Å². The zero-order valence-corrected chi connectivity index (χ0v) is 17.0. The van der Waals surface area contributed by atoms with E-state index in [9.17, 15) is 9.59 Å². The molecular weight excluding hydrogens is 318 g/mol. The number of hydrogen-bond donors (Lipinski definition) is 2. The van der Waals surface area contributed by atoms with Gasteiger partial charge in [0, 0.05) is 18.1 Å². The first-order valence-corrected chi connectivity index (χ1v) is 9.49. The molecule has 0 unspecified atom stereocenters. The van der Waals surface area contributed by atoms with E-state index < -0.39 is 11.6 Å². The Kier molecular flexibility index (Phi) is 7.72. The number of nitrogens with two attached hydrogens (primary N) is 1. The van der Waals surface area contributed by atoms with Crippen LogP contribution in [0.25, 0.3) is 0 Å². The van der Waals surface area contributed by atoms with Crippen LogP contribution in [0.4, 0.5) is 4.79 Å². The number of ether oxygens (including phenoxy) is 1. The van der Waals surface area contributed by atoms with E-state index in [1.54, 1.807) is 0 Å². The summed E-state index contributed by atoms with van der Waals surface area (Å²) in [6.45, 7) is 13.6. The zero-order chi connectivity index (χ0) is 19.4. The van der Waals surface area contributed by atoms with E-state index >= 15 is 0 Å². The van der Waals surface area contributed by atoms with Gasteiger partial charge in [0.25, 0.3) is 0 Å². The normalized spacial score (nSPS) is 22.6. The molecule has 0 aromatic heterocycles. The highest BCUT2D eigenvalue weighted by atomic mass is 16.6. The summed E-state index contributed by atoms with van der Waals surface area (Å²) in [6, 6.07) is -0.0411. The van der Waals surface area contributed by atoms with Crippen molar-refractivity contribution in [3.63, 3.8) is 0 Å². The lowest BCUT2D eigenvalue weighted by molar-refractivity contribution is -0.138. The third-order valence-corrected chi connectivity index (χ3v) is 4.63. The van der Waals surface area contributed by atoms with Gasteiger partial charge in [-0.2, -0.15) is 0 Å². The number of carbonyl (C=O) groups is 2. The molecule has 0 aromatic carbocycles. The van der Waals surface area contributed by atoms with Crippen molar-refractivity contribution in [3.05, 3.63) is 0 Å². The SMILES string of the molecule is CC(C)[C@H](N)C(=O)N(C(C)C)C1CCC(NC(=O)OC(C)(C)C)CC1. The van der Waals surface area contributed by atoms with Crippen molar-refractivity contribution >= 4 is 12.0 Å². The second kappa shape index (κ2) is 8.88. The molecule has 3 N–H and O–H groups in total. The van der Waals surface area contributed by atoms with Crippen molar-refractivity contribution in [3.8, 4) is 0 Å². The molecule has 1 fully saturated rings. The predicted octanol–water partition coefficient (Wildman–Crippen LogP) is 3.04. The molecule has 146 valence electrons. The van der Waals surface area contributed by atoms with Crippen LogP contribution in [0.15, 0.2) is 0 Å². The zero-order valence-electron chi connectivity index (χ0n) is 17.0. The van der Waals surface area contributed by atoms with E-state index in [0.29, 0.717) is 0 Å². The highest BCUT2D eigenvalue weighted by Crippen LogP contribution is 2.26. The van der Waals surface area contributed by atoms with Crippen LogP contribution in [-0.2, 0) is 9.53 Å². The van der Waals surface area contributed by atoms with E-state index in [2.05, 4.69) is 5.32 Å². The van der Waals surface area contributed by atoms with Crippen molar-refractivity contribution < 1.29 is 14.3 Å². The summed E-state index contributed by atoms with van der Waals surface area (Å²) in [5.41, 5.74) is 5.60. The smallest absolute Gasteiger partial charge is 0.407 e. The molecule has 6 nitrogen and oxygen atoms in total. The third kappa shape index (κ3) is 6.84. The van der Waals surface area contributed by atoms with Gasteiger partial charge in [0.05, 0.1) is 6.04 Å². The molecule has 0 spiro atoms. The van der Waals surface area contributed by atoms with Crippen molar-refractivity contribution in [2.45, 2.75) is 104 Å². The number of alkyl carbamates (subject to hydrolysis) is 1.